The van der Waals surface area contributed by atoms with Crippen LogP contribution < -0.4 is 5.73 Å². The van der Waals surface area contributed by atoms with Gasteiger partial charge in [0.25, 0.3) is 0 Å². The van der Waals surface area contributed by atoms with Crippen LogP contribution in [0.25, 0.3) is 0 Å². The number of nitrogen functional groups attached to an aromatic ring is 1. The number of rotatable bonds is 2. The van der Waals surface area contributed by atoms with E-state index in [-0.39, 0.29) is 29.5 Å². The van der Waals surface area contributed by atoms with Crippen molar-refractivity contribution in [1.82, 2.24) is 4.31 Å². The number of hydrogen-bond donors (Lipinski definition) is 1. The molecule has 2 rings (SSSR count). The number of sulfonamides is 1. The summed E-state index contributed by atoms with van der Waals surface area (Å²) in [5.41, 5.74) is 6.59. The van der Waals surface area contributed by atoms with E-state index in [0.29, 0.717) is 11.3 Å². The number of aryl methyl sites for hydroxylation is 1. The molecule has 0 spiro atoms. The second-order valence-corrected chi connectivity index (χ2v) is 8.79. The molecule has 6 nitrogen and oxygen atoms in total. The van der Waals surface area contributed by atoms with Gasteiger partial charge in [-0.25, -0.2) is 16.8 Å². The summed E-state index contributed by atoms with van der Waals surface area (Å²) in [5, 5.41) is 0. The predicted molar refractivity (Wildman–Crippen MR) is 73.0 cm³/mol. The van der Waals surface area contributed by atoms with E-state index in [1.807, 2.05) is 0 Å². The molecule has 1 aromatic rings. The molecule has 19 heavy (non-hydrogen) atoms. The summed E-state index contributed by atoms with van der Waals surface area (Å²) in [7, 11) is -6.78. The van der Waals surface area contributed by atoms with Gasteiger partial charge in [-0.1, -0.05) is 6.07 Å². The Morgan fingerprint density at radius 1 is 1.21 bits per heavy atom. The normalized spacial score (nSPS) is 20.3. The molecule has 0 amide bonds. The minimum Gasteiger partial charge on any atom is -0.399 e. The van der Waals surface area contributed by atoms with Crippen LogP contribution in [-0.4, -0.2) is 45.7 Å². The maximum absolute atomic E-state index is 12.4. The highest BCUT2D eigenvalue weighted by Gasteiger charge is 2.32. The van der Waals surface area contributed by atoms with Crippen LogP contribution in [-0.2, 0) is 19.9 Å². The fraction of sp³-hybridized carbons (Fsp3) is 0.455. The topological polar surface area (TPSA) is 97.5 Å². The number of hydrogen-bond acceptors (Lipinski definition) is 5. The van der Waals surface area contributed by atoms with Crippen molar-refractivity contribution in [2.45, 2.75) is 11.8 Å². The average molecular weight is 304 g/mol. The first-order chi connectivity index (χ1) is 8.72. The lowest BCUT2D eigenvalue weighted by Crippen LogP contribution is -2.43. The van der Waals surface area contributed by atoms with E-state index in [0.717, 1.165) is 0 Å². The van der Waals surface area contributed by atoms with Crippen LogP contribution in [0.4, 0.5) is 5.69 Å². The molecule has 1 saturated heterocycles. The van der Waals surface area contributed by atoms with Gasteiger partial charge in [0, 0.05) is 18.8 Å². The largest absolute Gasteiger partial charge is 0.399 e. The highest BCUT2D eigenvalue weighted by molar-refractivity contribution is 7.92. The Hall–Kier alpha value is -1.12. The number of nitrogens with zero attached hydrogens (tertiary/aromatic N) is 1. The van der Waals surface area contributed by atoms with Crippen molar-refractivity contribution in [1.29, 1.82) is 0 Å². The molecule has 1 aromatic carbocycles. The third-order valence-corrected chi connectivity index (χ3v) is 6.78. The second-order valence-electron chi connectivity index (χ2n) is 4.58. The van der Waals surface area contributed by atoms with Crippen LogP contribution in [0.5, 0.6) is 0 Å². The van der Waals surface area contributed by atoms with Gasteiger partial charge in [0.2, 0.25) is 10.0 Å². The Bertz CT molecular complexity index is 681. The molecular formula is C11H16N2O4S2. The first kappa shape index (κ1) is 14.3. The number of nitrogens with two attached hydrogens (primary N) is 1. The highest BCUT2D eigenvalue weighted by Crippen LogP contribution is 2.23. The zero-order valence-electron chi connectivity index (χ0n) is 10.5. The van der Waals surface area contributed by atoms with E-state index in [4.69, 9.17) is 5.73 Å². The predicted octanol–water partition coefficient (Wildman–Crippen LogP) is -0.00368. The molecule has 0 saturated carbocycles. The van der Waals surface area contributed by atoms with Crippen LogP contribution >= 0.6 is 0 Å². The Balaban J connectivity index is 2.36. The van der Waals surface area contributed by atoms with Gasteiger partial charge < -0.3 is 5.73 Å². The van der Waals surface area contributed by atoms with E-state index in [2.05, 4.69) is 0 Å². The van der Waals surface area contributed by atoms with Crippen molar-refractivity contribution < 1.29 is 16.8 Å². The minimum absolute atomic E-state index is 0.00109. The maximum atomic E-state index is 12.4. The number of anilines is 1. The summed E-state index contributed by atoms with van der Waals surface area (Å²) in [6, 6.07) is 4.69. The molecule has 0 aliphatic carbocycles. The van der Waals surface area contributed by atoms with Gasteiger partial charge in [0.05, 0.1) is 16.4 Å². The lowest BCUT2D eigenvalue weighted by molar-refractivity contribution is 0.430. The Kier molecular flexibility index (Phi) is 3.59. The second kappa shape index (κ2) is 4.77. The van der Waals surface area contributed by atoms with Gasteiger partial charge in [-0.05, 0) is 24.6 Å². The summed E-state index contributed by atoms with van der Waals surface area (Å²) in [6.07, 6.45) is 0. The molecule has 1 aliphatic rings. The molecule has 2 N–H and O–H groups in total. The first-order valence-electron chi connectivity index (χ1n) is 5.79. The van der Waals surface area contributed by atoms with Gasteiger partial charge in [0.1, 0.15) is 0 Å². The molecule has 0 radical (unpaired) electrons. The van der Waals surface area contributed by atoms with Crippen LogP contribution in [0, 0.1) is 6.92 Å². The van der Waals surface area contributed by atoms with Crippen LogP contribution in [0.1, 0.15) is 5.56 Å². The van der Waals surface area contributed by atoms with Crippen molar-refractivity contribution in [3.63, 3.8) is 0 Å². The van der Waals surface area contributed by atoms with E-state index in [9.17, 15) is 16.8 Å². The van der Waals surface area contributed by atoms with Gasteiger partial charge in [-0.3, -0.25) is 0 Å². The fourth-order valence-electron chi connectivity index (χ4n) is 1.97. The zero-order chi connectivity index (χ0) is 14.3. The fourth-order valence-corrected chi connectivity index (χ4v) is 5.10. The lowest BCUT2D eigenvalue weighted by Gasteiger charge is -2.26. The van der Waals surface area contributed by atoms with Crippen molar-refractivity contribution in [2.24, 2.45) is 0 Å². The minimum atomic E-state index is -3.68. The molecule has 1 fully saturated rings. The molecule has 1 aliphatic heterocycles. The number of sulfone groups is 1. The Morgan fingerprint density at radius 3 is 2.37 bits per heavy atom. The van der Waals surface area contributed by atoms with E-state index >= 15 is 0 Å². The molecule has 1 heterocycles. The van der Waals surface area contributed by atoms with Crippen LogP contribution in [0.15, 0.2) is 23.1 Å². The third-order valence-electron chi connectivity index (χ3n) is 3.13. The molecule has 8 heteroatoms. The lowest BCUT2D eigenvalue weighted by atomic mass is 10.2. The summed E-state index contributed by atoms with van der Waals surface area (Å²) < 4.78 is 48.8. The van der Waals surface area contributed by atoms with Crippen molar-refractivity contribution in [3.05, 3.63) is 23.8 Å². The molecule has 0 aromatic heterocycles. The molecule has 106 valence electrons. The highest BCUT2D eigenvalue weighted by atomic mass is 32.2. The van der Waals surface area contributed by atoms with Gasteiger partial charge >= 0.3 is 0 Å². The van der Waals surface area contributed by atoms with Crippen molar-refractivity contribution in [3.8, 4) is 0 Å². The standard InChI is InChI=1S/C11H16N2O4S2/c1-9-2-3-10(12)8-11(9)19(16,17)13-4-6-18(14,15)7-5-13/h2-3,8H,4-7,12H2,1H3. The zero-order valence-corrected chi connectivity index (χ0v) is 12.2. The van der Waals surface area contributed by atoms with Gasteiger partial charge in [0.15, 0.2) is 9.84 Å². The summed E-state index contributed by atoms with van der Waals surface area (Å²) in [4.78, 5) is 0.145. The van der Waals surface area contributed by atoms with Crippen molar-refractivity contribution >= 4 is 25.5 Å². The summed E-state index contributed by atoms with van der Waals surface area (Å²) in [6.45, 7) is 1.69. The summed E-state index contributed by atoms with van der Waals surface area (Å²) in [5.74, 6) is -0.263. The van der Waals surface area contributed by atoms with Crippen molar-refractivity contribution in [2.75, 3.05) is 30.3 Å². The summed E-state index contributed by atoms with van der Waals surface area (Å²) >= 11 is 0. The molecule has 0 bridgehead atoms. The van der Waals surface area contributed by atoms with Crippen LogP contribution in [0.3, 0.4) is 0 Å². The molecule has 0 unspecified atom stereocenters. The maximum Gasteiger partial charge on any atom is 0.243 e. The SMILES string of the molecule is Cc1ccc(N)cc1S(=O)(=O)N1CCS(=O)(=O)CC1. The average Bonchev–Trinajstić information content (AvgIpc) is 2.31. The Morgan fingerprint density at radius 2 is 1.79 bits per heavy atom. The smallest absolute Gasteiger partial charge is 0.243 e. The monoisotopic (exact) mass is 304 g/mol. The van der Waals surface area contributed by atoms with Gasteiger partial charge in [-0.2, -0.15) is 4.31 Å². The molecular weight excluding hydrogens is 288 g/mol. The molecule has 0 atom stereocenters. The quantitative estimate of drug-likeness (QED) is 0.775. The van der Waals surface area contributed by atoms with Crippen LogP contribution in [0.2, 0.25) is 0 Å². The van der Waals surface area contributed by atoms with E-state index < -0.39 is 19.9 Å². The third kappa shape index (κ3) is 2.90. The first-order valence-corrected chi connectivity index (χ1v) is 9.05. The van der Waals surface area contributed by atoms with Gasteiger partial charge in [-0.15, -0.1) is 0 Å². The van der Waals surface area contributed by atoms with E-state index in [1.165, 1.54) is 10.4 Å². The number of benzene rings is 1. The Labute approximate surface area is 113 Å². The van der Waals surface area contributed by atoms with E-state index in [1.54, 1.807) is 19.1 Å².